The molecule has 0 aliphatic carbocycles. The SMILES string of the molecule is BrCOC1CCCCO1.C/C(=C\O)COCOC1CCCCO1.C=COCSC.CC(=O)CO.CSCO/C=C(\C)CO.CSCO/C=C(\C)COCOC1CCCCO1.F.[3HH]. The average molecular weight is 1010 g/mol. The van der Waals surface area contributed by atoms with Crippen molar-refractivity contribution in [1.29, 1.82) is 0 Å². The van der Waals surface area contributed by atoms with E-state index in [2.05, 4.69) is 22.5 Å². The van der Waals surface area contributed by atoms with Crippen molar-refractivity contribution >= 4 is 57.0 Å². The van der Waals surface area contributed by atoms with Gasteiger partial charge < -0.3 is 67.4 Å². The Morgan fingerprint density at radius 3 is 1.38 bits per heavy atom. The quantitative estimate of drug-likeness (QED) is 0.0381. The number of ketones is 1. The molecule has 0 aromatic carbocycles. The zero-order valence-electron chi connectivity index (χ0n) is 37.6. The van der Waals surface area contributed by atoms with Crippen molar-refractivity contribution in [2.24, 2.45) is 0 Å². The van der Waals surface area contributed by atoms with Gasteiger partial charge in [0.2, 0.25) is 0 Å². The highest BCUT2D eigenvalue weighted by Crippen LogP contribution is 2.15. The van der Waals surface area contributed by atoms with E-state index in [9.17, 15) is 4.79 Å². The van der Waals surface area contributed by atoms with Gasteiger partial charge in [0, 0.05) is 21.2 Å². The van der Waals surface area contributed by atoms with Gasteiger partial charge in [-0.25, -0.2) is 0 Å². The van der Waals surface area contributed by atoms with E-state index >= 15 is 0 Å². The van der Waals surface area contributed by atoms with Crippen molar-refractivity contribution in [1.82, 2.24) is 0 Å². The van der Waals surface area contributed by atoms with Gasteiger partial charge in [-0.05, 0) is 121 Å². The normalized spacial score (nSPS) is 18.7. The number of hydrogen-bond acceptors (Lipinski definition) is 18. The molecule has 0 aromatic rings. The van der Waals surface area contributed by atoms with E-state index < -0.39 is 0 Å². The van der Waals surface area contributed by atoms with Gasteiger partial charge >= 0.3 is 0 Å². The van der Waals surface area contributed by atoms with Gasteiger partial charge in [-0.2, -0.15) is 0 Å². The van der Waals surface area contributed by atoms with E-state index in [0.29, 0.717) is 36.5 Å². The zero-order valence-corrected chi connectivity index (χ0v) is 41.6. The largest absolute Gasteiger partial charge is 0.516 e. The summed E-state index contributed by atoms with van der Waals surface area (Å²) < 4.78 is 57.4. The summed E-state index contributed by atoms with van der Waals surface area (Å²) in [7, 11) is 0. The third kappa shape index (κ3) is 55.0. The minimum atomic E-state index is -0.333. The summed E-state index contributed by atoms with van der Waals surface area (Å²) in [4.78, 5) is 9.56. The minimum absolute atomic E-state index is 0. The van der Waals surface area contributed by atoms with E-state index in [1.54, 1.807) is 54.7 Å². The number of aliphatic hydroxyl groups excluding tert-OH is 3. The van der Waals surface area contributed by atoms with Gasteiger partial charge in [0.25, 0.3) is 0 Å². The monoisotopic (exact) mass is 1010 g/mol. The number of thioether (sulfide) groups is 3. The molecule has 0 bridgehead atoms. The van der Waals surface area contributed by atoms with Crippen molar-refractivity contribution in [2.75, 3.05) is 102 Å². The molecule has 3 atom stereocenters. The van der Waals surface area contributed by atoms with Crippen molar-refractivity contribution in [2.45, 2.75) is 104 Å². The van der Waals surface area contributed by atoms with Crippen LogP contribution in [0.15, 0.2) is 48.3 Å². The number of alkyl halides is 1. The second-order valence-corrected chi connectivity index (χ2v) is 15.6. The predicted molar refractivity (Wildman–Crippen MR) is 251 cm³/mol. The first-order valence-electron chi connectivity index (χ1n) is 19.7. The highest BCUT2D eigenvalue weighted by molar-refractivity contribution is 9.09. The molecule has 3 N–H and O–H groups in total. The van der Waals surface area contributed by atoms with Gasteiger partial charge in [0.05, 0.1) is 44.9 Å². The Balaban J connectivity index is -0.000000218. The molecule has 3 unspecified atom stereocenters. The van der Waals surface area contributed by atoms with E-state index in [1.165, 1.54) is 32.4 Å². The Labute approximate surface area is 388 Å². The Morgan fingerprint density at radius 2 is 1.07 bits per heavy atom. The third-order valence-electron chi connectivity index (χ3n) is 6.93. The molecule has 20 heteroatoms. The first-order chi connectivity index (χ1) is 29.1. The Bertz CT molecular complexity index is 1020. The van der Waals surface area contributed by atoms with Crippen LogP contribution >= 0.6 is 51.2 Å². The van der Waals surface area contributed by atoms with Gasteiger partial charge in [-0.15, -0.1) is 35.3 Å². The Morgan fingerprint density at radius 1 is 0.672 bits per heavy atom. The smallest absolute Gasteiger partial charge is 0.160 e. The second-order valence-electron chi connectivity index (χ2n) is 12.7. The molecule has 61 heavy (non-hydrogen) atoms. The summed E-state index contributed by atoms with van der Waals surface area (Å²) in [6, 6.07) is 0. The molecule has 3 saturated heterocycles. The lowest BCUT2D eigenvalue weighted by Gasteiger charge is -2.22. The highest BCUT2D eigenvalue weighted by Gasteiger charge is 2.15. The van der Waals surface area contributed by atoms with Crippen LogP contribution in [0, 0.1) is 0 Å². The predicted octanol–water partition coefficient (Wildman–Crippen LogP) is 9.24. The fourth-order valence-electron chi connectivity index (χ4n) is 3.96. The van der Waals surface area contributed by atoms with Crippen LogP contribution in [0.3, 0.4) is 0 Å². The molecule has 3 rings (SSSR count). The standard InChI is InChI=1S/C12H22O4S.C10H18O4.C6H11BrO2.C6H12O2S.C4H8OS.C3H6O2.FH.H2/c1-11(8-14-10-17-2)7-13-9-16-12-5-3-4-6-15-12;1-9(6-11)7-12-8-14-10-4-2-3-5-13-10;7-5-9-6-3-1-2-4-8-6;1-6(3-7)4-8-5-9-2;1-3-5-4-6-2;1-3(5)2-4;;/h8,12H,3-7,9-10H2,1-2H3;6,10-11H,2-5,7-8H2,1H3;6H,1-5H2;4,7H,3,5H2,1-2H3;3H,1,4H2,2H3;4H,2H2,1H3;2*1H/b11-8+;9-6+;;6-4+;;;;/i;;;;;;;1+2. The fraction of sp³-hybridized carbons (Fsp3) is 0.780. The highest BCUT2D eigenvalue weighted by atomic mass is 79.9. The van der Waals surface area contributed by atoms with Gasteiger partial charge in [-0.1, -0.05) is 22.5 Å². The molecule has 3 aliphatic heterocycles. The Kier molecular flexibility index (Phi) is 60.0. The van der Waals surface area contributed by atoms with Crippen LogP contribution in [0.25, 0.3) is 0 Å². The summed E-state index contributed by atoms with van der Waals surface area (Å²) in [5.74, 6) is 1.84. The van der Waals surface area contributed by atoms with Crippen LogP contribution in [-0.2, 0) is 56.9 Å². The van der Waals surface area contributed by atoms with Crippen molar-refractivity contribution in [3.8, 4) is 0 Å². The van der Waals surface area contributed by atoms with Crippen LogP contribution in [0.1, 0.15) is 86.9 Å². The molecule has 3 aliphatic rings. The maximum Gasteiger partial charge on any atom is 0.160 e. The molecular formula is C41H80BrFO15S3. The van der Waals surface area contributed by atoms with Crippen LogP contribution in [0.4, 0.5) is 4.70 Å². The lowest BCUT2D eigenvalue weighted by Crippen LogP contribution is -2.23. The van der Waals surface area contributed by atoms with Crippen molar-refractivity contribution in [3.05, 3.63) is 48.3 Å². The van der Waals surface area contributed by atoms with Crippen LogP contribution in [0.5, 0.6) is 0 Å². The summed E-state index contributed by atoms with van der Waals surface area (Å²) in [6.45, 7) is 13.9. The number of ether oxygens (including phenoxy) is 11. The lowest BCUT2D eigenvalue weighted by molar-refractivity contribution is -0.207. The molecule has 15 nitrogen and oxygen atoms in total. The summed E-state index contributed by atoms with van der Waals surface area (Å²) in [6.07, 6.45) is 21.5. The molecular weight excluding hydrogens is 928 g/mol. The summed E-state index contributed by atoms with van der Waals surface area (Å²) in [5, 5.41) is 24.8. The summed E-state index contributed by atoms with van der Waals surface area (Å²) in [5.41, 5.74) is 3.26. The number of carbonyl (C=O) groups is 1. The number of halogens is 2. The van der Waals surface area contributed by atoms with E-state index in [0.717, 1.165) is 81.3 Å². The third-order valence-corrected chi connectivity index (χ3v) is 8.31. The van der Waals surface area contributed by atoms with Gasteiger partial charge in [-0.3, -0.25) is 9.50 Å². The van der Waals surface area contributed by atoms with Gasteiger partial charge in [0.1, 0.15) is 43.5 Å². The van der Waals surface area contributed by atoms with Crippen LogP contribution in [0.2, 0.25) is 0 Å². The van der Waals surface area contributed by atoms with Crippen LogP contribution < -0.4 is 0 Å². The molecule has 3 heterocycles. The zero-order chi connectivity index (χ0) is 45.3. The molecule has 0 radical (unpaired) electrons. The van der Waals surface area contributed by atoms with E-state index in [-0.39, 0.29) is 57.6 Å². The number of Topliss-reactive ketones (excluding diaryl/α,β-unsaturated/α-hetero) is 1. The fourth-order valence-corrected chi connectivity index (χ4v) is 4.90. The molecule has 0 amide bonds. The van der Waals surface area contributed by atoms with Crippen molar-refractivity contribution in [3.63, 3.8) is 0 Å². The first kappa shape index (κ1) is 66.5. The second kappa shape index (κ2) is 55.0. The molecule has 3 fully saturated rings. The number of aliphatic hydroxyl groups is 3. The number of hydrogen-bond donors (Lipinski definition) is 3. The maximum atomic E-state index is 9.56. The lowest BCUT2D eigenvalue weighted by atomic mass is 10.2. The van der Waals surface area contributed by atoms with Crippen LogP contribution in [-0.4, -0.2) is 142 Å². The molecule has 0 spiro atoms. The summed E-state index contributed by atoms with van der Waals surface area (Å²) >= 11 is 8.06. The minimum Gasteiger partial charge on any atom is -0.516 e. The van der Waals surface area contributed by atoms with Crippen molar-refractivity contribution < 1.29 is 78.4 Å². The molecule has 0 aromatic heterocycles. The Hall–Kier alpha value is -1.11. The number of rotatable bonds is 23. The average Bonchev–Trinajstić information content (AvgIpc) is 3.28. The molecule has 366 valence electrons. The first-order valence-corrected chi connectivity index (χ1v) is 25.0. The molecule has 0 saturated carbocycles. The van der Waals surface area contributed by atoms with Gasteiger partial charge in [0.15, 0.2) is 24.7 Å². The van der Waals surface area contributed by atoms with E-state index in [4.69, 9.17) is 67.4 Å². The maximum absolute atomic E-state index is 9.56. The van der Waals surface area contributed by atoms with E-state index in [1.807, 2.05) is 32.6 Å². The topological polar surface area (TPSA) is 179 Å². The number of carbonyl (C=O) groups excluding carboxylic acids is 1.